The minimum Gasteiger partial charge on any atom is -0.491 e. The van der Waals surface area contributed by atoms with Crippen LogP contribution < -0.4 is 15.4 Å². The van der Waals surface area contributed by atoms with Gasteiger partial charge in [-0.05, 0) is 0 Å². The predicted molar refractivity (Wildman–Crippen MR) is 50.2 cm³/mol. The lowest BCUT2D eigenvalue weighted by atomic mass is 10.2. The van der Waals surface area contributed by atoms with Crippen LogP contribution in [0.25, 0.3) is 0 Å². The van der Waals surface area contributed by atoms with Gasteiger partial charge in [0.15, 0.2) is 11.6 Å². The molecule has 1 fully saturated rings. The van der Waals surface area contributed by atoms with Crippen LogP contribution in [0, 0.1) is 0 Å². The number of ether oxygens (including phenoxy) is 1. The largest absolute Gasteiger partial charge is 0.491 e. The maximum atomic E-state index is 12.6. The van der Waals surface area contributed by atoms with Crippen molar-refractivity contribution in [3.05, 3.63) is 6.20 Å². The summed E-state index contributed by atoms with van der Waals surface area (Å²) >= 11 is 0. The predicted octanol–water partition coefficient (Wildman–Crippen LogP) is 0.523. The maximum absolute atomic E-state index is 12.6. The zero-order valence-corrected chi connectivity index (χ0v) is 8.07. The number of nitrogen functional groups attached to an aromatic ring is 1. The Bertz CT molecular complexity index is 377. The second-order valence-electron chi connectivity index (χ2n) is 3.34. The number of nitrogens with two attached hydrogens (primary N) is 1. The van der Waals surface area contributed by atoms with E-state index in [1.807, 2.05) is 0 Å². The van der Waals surface area contributed by atoms with Crippen LogP contribution >= 0.6 is 0 Å². The van der Waals surface area contributed by atoms with Gasteiger partial charge in [-0.1, -0.05) is 0 Å². The fourth-order valence-corrected chi connectivity index (χ4v) is 1.34. The van der Waals surface area contributed by atoms with Gasteiger partial charge in [-0.25, -0.2) is 13.8 Å². The van der Waals surface area contributed by atoms with Gasteiger partial charge in [0.25, 0.3) is 5.92 Å². The molecule has 0 aliphatic carbocycles. The van der Waals surface area contributed by atoms with E-state index in [1.54, 1.807) is 0 Å². The average molecular weight is 216 g/mol. The van der Waals surface area contributed by atoms with Crippen molar-refractivity contribution in [3.63, 3.8) is 0 Å². The van der Waals surface area contributed by atoms with Crippen LogP contribution in [0.2, 0.25) is 0 Å². The van der Waals surface area contributed by atoms with Gasteiger partial charge in [0, 0.05) is 0 Å². The molecule has 0 bridgehead atoms. The van der Waals surface area contributed by atoms with Crippen LogP contribution in [0.5, 0.6) is 5.75 Å². The van der Waals surface area contributed by atoms with E-state index < -0.39 is 5.92 Å². The molecule has 82 valence electrons. The Morgan fingerprint density at radius 1 is 1.53 bits per heavy atom. The summed E-state index contributed by atoms with van der Waals surface area (Å²) < 4.78 is 30.0. The molecule has 0 amide bonds. The van der Waals surface area contributed by atoms with Crippen molar-refractivity contribution in [1.29, 1.82) is 0 Å². The molecule has 15 heavy (non-hydrogen) atoms. The summed E-state index contributed by atoms with van der Waals surface area (Å²) in [6, 6.07) is 0. The number of hydrogen-bond donors (Lipinski definition) is 1. The summed E-state index contributed by atoms with van der Waals surface area (Å²) in [4.78, 5) is 9.10. The summed E-state index contributed by atoms with van der Waals surface area (Å²) in [5.74, 6) is -1.94. The van der Waals surface area contributed by atoms with E-state index in [0.717, 1.165) is 0 Å². The molecule has 5 nitrogen and oxygen atoms in total. The van der Waals surface area contributed by atoms with Crippen molar-refractivity contribution >= 4 is 11.8 Å². The fourth-order valence-electron chi connectivity index (χ4n) is 1.34. The van der Waals surface area contributed by atoms with E-state index >= 15 is 0 Å². The van der Waals surface area contributed by atoms with E-state index in [-0.39, 0.29) is 24.9 Å². The normalized spacial score (nSPS) is 18.5. The van der Waals surface area contributed by atoms with E-state index in [9.17, 15) is 8.78 Å². The van der Waals surface area contributed by atoms with Gasteiger partial charge in [-0.2, -0.15) is 4.98 Å². The van der Waals surface area contributed by atoms with Gasteiger partial charge in [0.05, 0.1) is 26.4 Å². The molecule has 0 unspecified atom stereocenters. The molecule has 0 aromatic carbocycles. The van der Waals surface area contributed by atoms with E-state index in [4.69, 9.17) is 10.5 Å². The lowest BCUT2D eigenvalue weighted by Gasteiger charge is -2.38. The van der Waals surface area contributed by atoms with Gasteiger partial charge in [0.2, 0.25) is 5.95 Å². The molecular weight excluding hydrogens is 206 g/mol. The number of halogens is 2. The molecule has 1 aromatic heterocycles. The summed E-state index contributed by atoms with van der Waals surface area (Å²) in [5, 5.41) is 0. The quantitative estimate of drug-likeness (QED) is 0.780. The minimum atomic E-state index is -2.64. The van der Waals surface area contributed by atoms with Crippen molar-refractivity contribution in [2.45, 2.75) is 5.92 Å². The Morgan fingerprint density at radius 3 is 2.67 bits per heavy atom. The van der Waals surface area contributed by atoms with Crippen molar-refractivity contribution in [2.24, 2.45) is 0 Å². The number of hydrogen-bond acceptors (Lipinski definition) is 5. The molecule has 1 aliphatic heterocycles. The second-order valence-corrected chi connectivity index (χ2v) is 3.34. The maximum Gasteiger partial charge on any atom is 0.282 e. The van der Waals surface area contributed by atoms with E-state index in [1.165, 1.54) is 18.2 Å². The lowest BCUT2D eigenvalue weighted by Crippen LogP contribution is -2.57. The molecular formula is C8H10F2N4O. The Morgan fingerprint density at radius 2 is 2.20 bits per heavy atom. The summed E-state index contributed by atoms with van der Waals surface area (Å²) in [6.45, 7) is -0.725. The molecule has 0 radical (unpaired) electrons. The van der Waals surface area contributed by atoms with E-state index in [2.05, 4.69) is 9.97 Å². The van der Waals surface area contributed by atoms with Crippen LogP contribution in [0.1, 0.15) is 0 Å². The summed E-state index contributed by atoms with van der Waals surface area (Å²) in [7, 11) is 1.44. The highest BCUT2D eigenvalue weighted by Crippen LogP contribution is 2.30. The van der Waals surface area contributed by atoms with Crippen LogP contribution in [-0.2, 0) is 0 Å². The average Bonchev–Trinajstić information content (AvgIpc) is 2.14. The molecule has 7 heteroatoms. The Hall–Kier alpha value is -1.66. The molecule has 2 heterocycles. The molecule has 1 aromatic rings. The van der Waals surface area contributed by atoms with Crippen molar-refractivity contribution < 1.29 is 13.5 Å². The Labute approximate surface area is 84.9 Å². The number of rotatable bonds is 2. The standard InChI is InChI=1S/C8H10F2N4O/c1-15-5-2-12-7(13-6(5)11)14-3-8(9,10)4-14/h2H,3-4H2,1H3,(H2,11,12,13). The highest BCUT2D eigenvalue weighted by atomic mass is 19.3. The lowest BCUT2D eigenvalue weighted by molar-refractivity contribution is -0.0271. The molecule has 1 aliphatic rings. The second kappa shape index (κ2) is 3.18. The van der Waals surface area contributed by atoms with Crippen molar-refractivity contribution in [2.75, 3.05) is 30.8 Å². The smallest absolute Gasteiger partial charge is 0.282 e. The summed E-state index contributed by atoms with van der Waals surface area (Å²) in [5.41, 5.74) is 5.53. The monoisotopic (exact) mass is 216 g/mol. The first kappa shape index (κ1) is 9.88. The van der Waals surface area contributed by atoms with E-state index in [0.29, 0.717) is 5.75 Å². The molecule has 0 saturated carbocycles. The topological polar surface area (TPSA) is 64.3 Å². The van der Waals surface area contributed by atoms with Gasteiger partial charge < -0.3 is 15.4 Å². The first-order chi connectivity index (χ1) is 7.02. The van der Waals surface area contributed by atoms with Gasteiger partial charge in [-0.15, -0.1) is 0 Å². The highest BCUT2D eigenvalue weighted by molar-refractivity contribution is 5.50. The van der Waals surface area contributed by atoms with Gasteiger partial charge in [0.1, 0.15) is 0 Å². The third-order valence-corrected chi connectivity index (χ3v) is 2.12. The van der Waals surface area contributed by atoms with Crippen molar-refractivity contribution in [3.8, 4) is 5.75 Å². The number of nitrogens with zero attached hydrogens (tertiary/aromatic N) is 3. The molecule has 1 saturated heterocycles. The van der Waals surface area contributed by atoms with Crippen LogP contribution in [-0.4, -0.2) is 36.1 Å². The van der Waals surface area contributed by atoms with Crippen LogP contribution in [0.4, 0.5) is 20.5 Å². The van der Waals surface area contributed by atoms with Crippen LogP contribution in [0.15, 0.2) is 6.20 Å². The third-order valence-electron chi connectivity index (χ3n) is 2.12. The fraction of sp³-hybridized carbons (Fsp3) is 0.500. The zero-order valence-electron chi connectivity index (χ0n) is 8.07. The minimum absolute atomic E-state index is 0.151. The molecule has 0 atom stereocenters. The van der Waals surface area contributed by atoms with Crippen molar-refractivity contribution in [1.82, 2.24) is 9.97 Å². The molecule has 2 rings (SSSR count). The molecule has 2 N–H and O–H groups in total. The first-order valence-corrected chi connectivity index (χ1v) is 4.31. The number of methoxy groups -OCH3 is 1. The Balaban J connectivity index is 2.14. The van der Waals surface area contributed by atoms with Crippen LogP contribution in [0.3, 0.4) is 0 Å². The molecule has 0 spiro atoms. The van der Waals surface area contributed by atoms with Gasteiger partial charge >= 0.3 is 0 Å². The van der Waals surface area contributed by atoms with Gasteiger partial charge in [-0.3, -0.25) is 0 Å². The number of anilines is 2. The SMILES string of the molecule is COc1cnc(N2CC(F)(F)C2)nc1N. The zero-order chi connectivity index (χ0) is 11.1. The third kappa shape index (κ3) is 1.77. The number of aromatic nitrogens is 2. The highest BCUT2D eigenvalue weighted by Gasteiger charge is 2.45. The summed E-state index contributed by atoms with van der Waals surface area (Å²) in [6.07, 6.45) is 1.37. The number of alkyl halides is 2. The Kier molecular flexibility index (Phi) is 2.09. The first-order valence-electron chi connectivity index (χ1n) is 4.31.